The van der Waals surface area contributed by atoms with E-state index in [0.717, 1.165) is 29.7 Å². The zero-order valence-electron chi connectivity index (χ0n) is 17.9. The number of halogens is 2. The number of benzene rings is 1. The third-order valence-electron chi connectivity index (χ3n) is 5.09. The molecule has 1 atom stereocenters. The smallest absolute Gasteiger partial charge is 0.748 e. The summed E-state index contributed by atoms with van der Waals surface area (Å²) in [6, 6.07) is 7.71. The van der Waals surface area contributed by atoms with Gasteiger partial charge >= 0.3 is 29.6 Å². The molecule has 166 valence electrons. The minimum absolute atomic E-state index is 0. The van der Waals surface area contributed by atoms with Gasteiger partial charge in [0.1, 0.15) is 5.78 Å². The average Bonchev–Trinajstić information content (AvgIpc) is 2.61. The fourth-order valence-electron chi connectivity index (χ4n) is 3.45. The van der Waals surface area contributed by atoms with Gasteiger partial charge in [0.15, 0.2) is 0 Å². The van der Waals surface area contributed by atoms with Crippen molar-refractivity contribution in [2.45, 2.75) is 44.8 Å². The second kappa shape index (κ2) is 14.2. The van der Waals surface area contributed by atoms with Crippen molar-refractivity contribution in [2.75, 3.05) is 31.1 Å². The van der Waals surface area contributed by atoms with Crippen molar-refractivity contribution < 1.29 is 47.3 Å². The fourth-order valence-corrected chi connectivity index (χ4v) is 5.82. The van der Waals surface area contributed by atoms with Crippen LogP contribution in [0.1, 0.15) is 50.3 Å². The van der Waals surface area contributed by atoms with Crippen LogP contribution in [0.2, 0.25) is 0 Å². The number of hydrogen-bond donors (Lipinski definition) is 0. The molecule has 10 heteroatoms. The van der Waals surface area contributed by atoms with E-state index >= 15 is 0 Å². The van der Waals surface area contributed by atoms with Crippen LogP contribution in [0, 0.1) is 5.41 Å². The quantitative estimate of drug-likeness (QED) is 0.326. The van der Waals surface area contributed by atoms with Crippen LogP contribution < -0.4 is 29.6 Å². The van der Waals surface area contributed by atoms with Crippen molar-refractivity contribution in [3.8, 4) is 0 Å². The predicted octanol–water partition coefficient (Wildman–Crippen LogP) is 1.67. The van der Waals surface area contributed by atoms with E-state index in [-0.39, 0.29) is 58.8 Å². The van der Waals surface area contributed by atoms with Crippen LogP contribution in [0.25, 0.3) is 0 Å². The predicted molar refractivity (Wildman–Crippen MR) is 125 cm³/mol. The van der Waals surface area contributed by atoms with Gasteiger partial charge in [-0.1, -0.05) is 48.3 Å². The van der Waals surface area contributed by atoms with Gasteiger partial charge in [0.25, 0.3) is 0 Å². The van der Waals surface area contributed by atoms with Crippen LogP contribution in [-0.4, -0.2) is 54.8 Å². The number of nitrogens with zero attached hydrogens (tertiary/aromatic N) is 1. The molecule has 0 N–H and O–H groups in total. The number of hydrogen-bond acceptors (Lipinski definition) is 6. The average molecular weight is 551 g/mol. The first kappa shape index (κ1) is 30.9. The molecule has 1 aromatic carbocycles. The Bertz CT molecular complexity index is 757. The van der Waals surface area contributed by atoms with Crippen LogP contribution in [0.4, 0.5) is 0 Å². The van der Waals surface area contributed by atoms with E-state index in [9.17, 15) is 17.8 Å². The maximum Gasteiger partial charge on any atom is 1.00 e. The van der Waals surface area contributed by atoms with Gasteiger partial charge in [-0.3, -0.25) is 4.79 Å². The van der Waals surface area contributed by atoms with E-state index < -0.39 is 21.3 Å². The van der Waals surface area contributed by atoms with Crippen LogP contribution in [0.5, 0.6) is 0 Å². The summed E-state index contributed by atoms with van der Waals surface area (Å²) in [6.45, 7) is 6.83. The molecule has 0 spiro atoms. The third kappa shape index (κ3) is 11.1. The number of Topliss-reactive ketones (excluding diaryl/α,β-unsaturated/α-hetero) is 1. The van der Waals surface area contributed by atoms with Crippen molar-refractivity contribution in [1.29, 1.82) is 0 Å². The zero-order valence-corrected chi connectivity index (χ0v) is 24.0. The third-order valence-corrected chi connectivity index (χ3v) is 7.86. The van der Waals surface area contributed by atoms with Gasteiger partial charge in [0.2, 0.25) is 0 Å². The zero-order chi connectivity index (χ0) is 20.8. The van der Waals surface area contributed by atoms with Gasteiger partial charge in [-0.15, -0.1) is 12.4 Å². The molecule has 0 amide bonds. The molecule has 1 aliphatic rings. The SMILES string of the molecule is CC(C)(CN1CCCCC1)C(=O)CC(SCCS(=O)(=O)[O-])c1ccc(Br)cc1.Cl.[Na+]. The molecule has 1 heterocycles. The van der Waals surface area contributed by atoms with Crippen molar-refractivity contribution in [1.82, 2.24) is 4.90 Å². The van der Waals surface area contributed by atoms with E-state index in [2.05, 4.69) is 20.8 Å². The van der Waals surface area contributed by atoms with E-state index in [0.29, 0.717) is 6.42 Å². The second-order valence-corrected chi connectivity index (χ2v) is 11.8. The summed E-state index contributed by atoms with van der Waals surface area (Å²) in [5.41, 5.74) is 0.509. The number of carbonyl (C=O) groups is 1. The molecule has 1 unspecified atom stereocenters. The molecule has 0 aromatic heterocycles. The van der Waals surface area contributed by atoms with Crippen LogP contribution >= 0.6 is 40.1 Å². The maximum atomic E-state index is 13.1. The van der Waals surface area contributed by atoms with E-state index in [4.69, 9.17) is 0 Å². The summed E-state index contributed by atoms with van der Waals surface area (Å²) in [7, 11) is -4.25. The molecular weight excluding hydrogens is 521 g/mol. The Morgan fingerprint density at radius 1 is 1.20 bits per heavy atom. The first-order valence-electron chi connectivity index (χ1n) is 9.63. The molecule has 2 rings (SSSR count). The number of carbonyl (C=O) groups excluding carboxylic acids is 1. The topological polar surface area (TPSA) is 77.5 Å². The van der Waals surface area contributed by atoms with Gasteiger partial charge in [-0.05, 0) is 43.6 Å². The molecule has 1 saturated heterocycles. The minimum atomic E-state index is -4.25. The number of ketones is 1. The van der Waals surface area contributed by atoms with Gasteiger partial charge in [-0.2, -0.15) is 11.8 Å². The van der Waals surface area contributed by atoms with E-state index in [1.165, 1.54) is 31.0 Å². The molecule has 1 aromatic rings. The Kier molecular flexibility index (Phi) is 14.6. The Hall–Kier alpha value is 0.880. The van der Waals surface area contributed by atoms with Crippen molar-refractivity contribution in [2.24, 2.45) is 5.41 Å². The summed E-state index contributed by atoms with van der Waals surface area (Å²) < 4.78 is 33.8. The Morgan fingerprint density at radius 2 is 1.77 bits per heavy atom. The second-order valence-electron chi connectivity index (χ2n) is 8.02. The minimum Gasteiger partial charge on any atom is -0.748 e. The molecule has 0 bridgehead atoms. The standard InChI is InChI=1S/C20H30BrNO4S2.ClH.Na/c1-20(2,15-22-10-4-3-5-11-22)19(23)14-18(27-12-13-28(24,25)26)16-6-8-17(21)9-7-16;;/h6-9,18H,3-5,10-15H2,1-2H3,(H,24,25,26);1H;/q;;+1/p-1. The van der Waals surface area contributed by atoms with Gasteiger partial charge in [0, 0.05) is 39.6 Å². The molecular formula is C20H30BrClNNaO4S2. The Balaban J connectivity index is 0.00000420. The maximum absolute atomic E-state index is 13.1. The van der Waals surface area contributed by atoms with Crippen molar-refractivity contribution in [3.05, 3.63) is 34.3 Å². The summed E-state index contributed by atoms with van der Waals surface area (Å²) in [5, 5.41) is -0.164. The van der Waals surface area contributed by atoms with Gasteiger partial charge < -0.3 is 9.45 Å². The number of piperidine rings is 1. The molecule has 0 aliphatic carbocycles. The van der Waals surface area contributed by atoms with Crippen molar-refractivity contribution >= 4 is 56.0 Å². The molecule has 0 saturated carbocycles. The monoisotopic (exact) mass is 549 g/mol. The van der Waals surface area contributed by atoms with Crippen molar-refractivity contribution in [3.63, 3.8) is 0 Å². The molecule has 0 radical (unpaired) electrons. The normalized spacial score (nSPS) is 16.3. The number of thioether (sulfide) groups is 1. The summed E-state index contributed by atoms with van der Waals surface area (Å²) in [5.74, 6) is -0.0638. The van der Waals surface area contributed by atoms with Crippen LogP contribution in [-0.2, 0) is 14.9 Å². The van der Waals surface area contributed by atoms with E-state index in [1.54, 1.807) is 0 Å². The van der Waals surface area contributed by atoms with Crippen LogP contribution in [0.3, 0.4) is 0 Å². The summed E-state index contributed by atoms with van der Waals surface area (Å²) in [6.07, 6.45) is 3.96. The molecule has 5 nitrogen and oxygen atoms in total. The van der Waals surface area contributed by atoms with Gasteiger partial charge in [0.05, 0.1) is 10.1 Å². The fraction of sp³-hybridized carbons (Fsp3) is 0.650. The number of likely N-dealkylation sites (tertiary alicyclic amines) is 1. The first-order valence-corrected chi connectivity index (χ1v) is 13.0. The molecule has 1 fully saturated rings. The molecule has 30 heavy (non-hydrogen) atoms. The Morgan fingerprint density at radius 3 is 2.30 bits per heavy atom. The largest absolute Gasteiger partial charge is 1.00 e. The van der Waals surface area contributed by atoms with Gasteiger partial charge in [-0.25, -0.2) is 8.42 Å². The molecule has 1 aliphatic heterocycles. The van der Waals surface area contributed by atoms with E-state index in [1.807, 2.05) is 38.1 Å². The van der Waals surface area contributed by atoms with Crippen LogP contribution in [0.15, 0.2) is 28.7 Å². The number of rotatable bonds is 10. The Labute approximate surface area is 222 Å². The summed E-state index contributed by atoms with van der Waals surface area (Å²) in [4.78, 5) is 15.5. The summed E-state index contributed by atoms with van der Waals surface area (Å²) >= 11 is 4.78. The first-order chi connectivity index (χ1) is 13.1.